The van der Waals surface area contributed by atoms with E-state index in [0.29, 0.717) is 24.2 Å². The van der Waals surface area contributed by atoms with Gasteiger partial charge < -0.3 is 10.6 Å². The van der Waals surface area contributed by atoms with Crippen LogP contribution >= 0.6 is 0 Å². The van der Waals surface area contributed by atoms with Crippen molar-refractivity contribution in [1.82, 2.24) is 14.9 Å². The van der Waals surface area contributed by atoms with Crippen LogP contribution in [-0.4, -0.2) is 50.9 Å². The lowest BCUT2D eigenvalue weighted by molar-refractivity contribution is 0.0929. The van der Waals surface area contributed by atoms with Crippen molar-refractivity contribution in [1.29, 1.82) is 0 Å². The number of hydrogen-bond donors (Lipinski definition) is 2. The van der Waals surface area contributed by atoms with Crippen LogP contribution in [0.25, 0.3) is 0 Å². The molecule has 138 valence electrons. The highest BCUT2D eigenvalue weighted by Crippen LogP contribution is 2.24. The maximum atomic E-state index is 13.0. The zero-order chi connectivity index (χ0) is 17.9. The van der Waals surface area contributed by atoms with Gasteiger partial charge in [0.2, 0.25) is 10.0 Å². The van der Waals surface area contributed by atoms with Gasteiger partial charge >= 0.3 is 0 Å². The summed E-state index contributed by atoms with van der Waals surface area (Å²) in [7, 11) is -3.54. The van der Waals surface area contributed by atoms with Crippen molar-refractivity contribution >= 4 is 15.9 Å². The number of piperidine rings is 2. The number of nitrogens with one attached hydrogen (secondary N) is 2. The smallest absolute Gasteiger partial charge is 0.251 e. The van der Waals surface area contributed by atoms with E-state index < -0.39 is 10.0 Å². The molecule has 1 amide bonds. The molecule has 6 nitrogen and oxygen atoms in total. The van der Waals surface area contributed by atoms with Gasteiger partial charge in [-0.05, 0) is 63.4 Å². The van der Waals surface area contributed by atoms with Crippen LogP contribution in [0.2, 0.25) is 0 Å². The zero-order valence-electron chi connectivity index (χ0n) is 14.8. The van der Waals surface area contributed by atoms with Crippen molar-refractivity contribution in [2.24, 2.45) is 0 Å². The minimum Gasteiger partial charge on any atom is -0.349 e. The van der Waals surface area contributed by atoms with Gasteiger partial charge in [0.1, 0.15) is 0 Å². The minimum absolute atomic E-state index is 0.150. The second kappa shape index (κ2) is 7.85. The number of carbonyl (C=O) groups excluding carboxylic acids is 1. The first-order chi connectivity index (χ1) is 12.0. The van der Waals surface area contributed by atoms with Crippen LogP contribution in [0.4, 0.5) is 0 Å². The van der Waals surface area contributed by atoms with E-state index in [0.717, 1.165) is 45.2 Å². The van der Waals surface area contributed by atoms with Gasteiger partial charge in [0.15, 0.2) is 0 Å². The molecule has 0 saturated carbocycles. The Morgan fingerprint density at radius 3 is 2.52 bits per heavy atom. The van der Waals surface area contributed by atoms with Crippen LogP contribution in [0.5, 0.6) is 0 Å². The van der Waals surface area contributed by atoms with Gasteiger partial charge in [0.05, 0.1) is 4.90 Å². The lowest BCUT2D eigenvalue weighted by Gasteiger charge is -2.27. The third-order valence-electron chi connectivity index (χ3n) is 5.06. The summed E-state index contributed by atoms with van der Waals surface area (Å²) in [6.07, 6.45) is 4.67. The lowest BCUT2D eigenvalue weighted by atomic mass is 10.1. The Morgan fingerprint density at radius 1 is 1.16 bits per heavy atom. The van der Waals surface area contributed by atoms with E-state index >= 15 is 0 Å². The summed E-state index contributed by atoms with van der Waals surface area (Å²) in [5.41, 5.74) is 1.10. The molecular formula is C18H27N3O3S. The molecule has 1 aromatic rings. The van der Waals surface area contributed by atoms with Crippen LogP contribution in [0.3, 0.4) is 0 Å². The molecule has 2 fully saturated rings. The van der Waals surface area contributed by atoms with E-state index in [4.69, 9.17) is 0 Å². The highest BCUT2D eigenvalue weighted by Gasteiger charge is 2.28. The number of carbonyl (C=O) groups is 1. The Bertz CT molecular complexity index is 721. The minimum atomic E-state index is -3.54. The van der Waals surface area contributed by atoms with Gasteiger partial charge in [0.25, 0.3) is 5.91 Å². The van der Waals surface area contributed by atoms with Crippen LogP contribution in [-0.2, 0) is 10.0 Å². The summed E-state index contributed by atoms with van der Waals surface area (Å²) in [6.45, 7) is 4.70. The fourth-order valence-corrected chi connectivity index (χ4v) is 5.27. The molecule has 3 rings (SSSR count). The Balaban J connectivity index is 1.81. The number of rotatable bonds is 4. The van der Waals surface area contributed by atoms with Crippen LogP contribution in [0, 0.1) is 6.92 Å². The summed E-state index contributed by atoms with van der Waals surface area (Å²) in [6, 6.07) is 5.13. The summed E-state index contributed by atoms with van der Waals surface area (Å²) in [5.74, 6) is -0.193. The number of aryl methyl sites for hydroxylation is 1. The number of amides is 1. The summed E-state index contributed by atoms with van der Waals surface area (Å²) in [5, 5.41) is 6.29. The topological polar surface area (TPSA) is 78.5 Å². The van der Waals surface area contributed by atoms with Crippen molar-refractivity contribution < 1.29 is 13.2 Å². The van der Waals surface area contributed by atoms with Crippen molar-refractivity contribution in [2.75, 3.05) is 26.2 Å². The summed E-state index contributed by atoms with van der Waals surface area (Å²) >= 11 is 0. The fourth-order valence-electron chi connectivity index (χ4n) is 3.50. The Labute approximate surface area is 150 Å². The van der Waals surface area contributed by atoms with Gasteiger partial charge in [-0.3, -0.25) is 4.79 Å². The number of hydrogen-bond acceptors (Lipinski definition) is 4. The average Bonchev–Trinajstić information content (AvgIpc) is 2.63. The predicted molar refractivity (Wildman–Crippen MR) is 97.1 cm³/mol. The molecule has 0 radical (unpaired) electrons. The van der Waals surface area contributed by atoms with E-state index in [-0.39, 0.29) is 16.8 Å². The Kier molecular flexibility index (Phi) is 5.76. The van der Waals surface area contributed by atoms with Gasteiger partial charge in [-0.25, -0.2) is 8.42 Å². The fraction of sp³-hybridized carbons (Fsp3) is 0.611. The van der Waals surface area contributed by atoms with Gasteiger partial charge in [-0.15, -0.1) is 0 Å². The zero-order valence-corrected chi connectivity index (χ0v) is 15.6. The van der Waals surface area contributed by atoms with E-state index in [1.54, 1.807) is 23.4 Å². The van der Waals surface area contributed by atoms with Crippen LogP contribution < -0.4 is 10.6 Å². The molecule has 0 atom stereocenters. The molecule has 0 bridgehead atoms. The van der Waals surface area contributed by atoms with Crippen molar-refractivity contribution in [2.45, 2.75) is 50.0 Å². The quantitative estimate of drug-likeness (QED) is 0.850. The first-order valence-electron chi connectivity index (χ1n) is 9.11. The van der Waals surface area contributed by atoms with Gasteiger partial charge in [0, 0.05) is 24.7 Å². The third-order valence-corrected chi connectivity index (χ3v) is 7.10. The first kappa shape index (κ1) is 18.4. The molecule has 2 aliphatic rings. The van der Waals surface area contributed by atoms with Crippen molar-refractivity contribution in [3.63, 3.8) is 0 Å². The predicted octanol–water partition coefficient (Wildman–Crippen LogP) is 1.65. The van der Waals surface area contributed by atoms with Gasteiger partial charge in [-0.2, -0.15) is 4.31 Å². The molecule has 2 aliphatic heterocycles. The monoisotopic (exact) mass is 365 g/mol. The molecule has 2 saturated heterocycles. The number of nitrogens with zero attached hydrogens (tertiary/aromatic N) is 1. The summed E-state index contributed by atoms with van der Waals surface area (Å²) in [4.78, 5) is 12.8. The second-order valence-corrected chi connectivity index (χ2v) is 8.85. The Hall–Kier alpha value is -1.44. The highest BCUT2D eigenvalue weighted by molar-refractivity contribution is 7.89. The second-order valence-electron chi connectivity index (χ2n) is 6.94. The lowest BCUT2D eigenvalue weighted by Crippen LogP contribution is -2.42. The van der Waals surface area contributed by atoms with E-state index in [9.17, 15) is 13.2 Å². The highest BCUT2D eigenvalue weighted by atomic mass is 32.2. The molecule has 0 aliphatic carbocycles. The summed E-state index contributed by atoms with van der Waals surface area (Å²) < 4.78 is 27.5. The largest absolute Gasteiger partial charge is 0.349 e. The third kappa shape index (κ3) is 4.22. The SMILES string of the molecule is Cc1ccc(C(=O)NC2CCNCC2)cc1S(=O)(=O)N1CCCCC1. The molecule has 0 spiro atoms. The van der Waals surface area contributed by atoms with E-state index in [1.807, 2.05) is 0 Å². The van der Waals surface area contributed by atoms with Crippen LogP contribution in [0.15, 0.2) is 23.1 Å². The molecule has 2 N–H and O–H groups in total. The first-order valence-corrected chi connectivity index (χ1v) is 10.5. The van der Waals surface area contributed by atoms with Gasteiger partial charge in [-0.1, -0.05) is 12.5 Å². The average molecular weight is 365 g/mol. The van der Waals surface area contributed by atoms with Crippen molar-refractivity contribution in [3.05, 3.63) is 29.3 Å². The standard InChI is InChI=1S/C18H27N3O3S/c1-14-5-6-15(18(22)20-16-7-9-19-10-8-16)13-17(14)25(23,24)21-11-3-2-4-12-21/h5-6,13,16,19H,2-4,7-12H2,1H3,(H,20,22). The van der Waals surface area contributed by atoms with E-state index in [2.05, 4.69) is 10.6 Å². The molecule has 1 aromatic carbocycles. The maximum absolute atomic E-state index is 13.0. The number of benzene rings is 1. The molecule has 25 heavy (non-hydrogen) atoms. The molecule has 2 heterocycles. The molecule has 7 heteroatoms. The molecular weight excluding hydrogens is 338 g/mol. The molecule has 0 unspecified atom stereocenters. The normalized spacial score (nSPS) is 20.4. The Morgan fingerprint density at radius 2 is 1.84 bits per heavy atom. The van der Waals surface area contributed by atoms with E-state index in [1.165, 1.54) is 6.07 Å². The number of sulfonamides is 1. The van der Waals surface area contributed by atoms with Crippen LogP contribution in [0.1, 0.15) is 48.0 Å². The molecule has 0 aromatic heterocycles. The van der Waals surface area contributed by atoms with Crippen molar-refractivity contribution in [3.8, 4) is 0 Å². The maximum Gasteiger partial charge on any atom is 0.251 e.